The smallest absolute Gasteiger partial charge is 0.221 e. The third-order valence-electron chi connectivity index (χ3n) is 3.57. The molecule has 2 rings (SSSR count). The van der Waals surface area contributed by atoms with Gasteiger partial charge in [-0.25, -0.2) is 0 Å². The highest BCUT2D eigenvalue weighted by atomic mass is 16.1. The maximum absolute atomic E-state index is 11.0. The van der Waals surface area contributed by atoms with Gasteiger partial charge in [-0.2, -0.15) is 0 Å². The van der Waals surface area contributed by atoms with Crippen molar-refractivity contribution in [1.29, 1.82) is 0 Å². The summed E-state index contributed by atoms with van der Waals surface area (Å²) in [6.45, 7) is 6.33. The first-order valence-electron chi connectivity index (χ1n) is 5.42. The molecule has 0 spiro atoms. The zero-order valence-electron chi connectivity index (χ0n) is 8.70. The lowest BCUT2D eigenvalue weighted by atomic mass is 10.1. The Kier molecular flexibility index (Phi) is 2.74. The predicted octanol–water partition coefficient (Wildman–Crippen LogP) is -0.598. The van der Waals surface area contributed by atoms with Crippen molar-refractivity contribution in [2.24, 2.45) is 17.6 Å². The first-order valence-corrected chi connectivity index (χ1v) is 5.42. The van der Waals surface area contributed by atoms with E-state index in [0.29, 0.717) is 12.0 Å². The second-order valence-electron chi connectivity index (χ2n) is 4.59. The van der Waals surface area contributed by atoms with Gasteiger partial charge in [-0.05, 0) is 25.4 Å². The molecule has 4 heteroatoms. The van der Waals surface area contributed by atoms with Gasteiger partial charge in [-0.1, -0.05) is 6.92 Å². The van der Waals surface area contributed by atoms with Gasteiger partial charge in [-0.3, -0.25) is 9.69 Å². The molecule has 0 aromatic heterocycles. The van der Waals surface area contributed by atoms with Gasteiger partial charge in [0.05, 0.1) is 5.92 Å². The zero-order valence-corrected chi connectivity index (χ0v) is 8.70. The highest BCUT2D eigenvalue weighted by molar-refractivity contribution is 5.77. The molecule has 1 amide bonds. The summed E-state index contributed by atoms with van der Waals surface area (Å²) >= 11 is 0. The van der Waals surface area contributed by atoms with E-state index in [2.05, 4.69) is 17.1 Å². The average Bonchev–Trinajstić information content (AvgIpc) is 2.71. The van der Waals surface area contributed by atoms with Gasteiger partial charge in [0.1, 0.15) is 0 Å². The van der Waals surface area contributed by atoms with Crippen LogP contribution in [0.2, 0.25) is 0 Å². The number of primary amides is 1. The van der Waals surface area contributed by atoms with Crippen LogP contribution in [-0.4, -0.2) is 43.0 Å². The van der Waals surface area contributed by atoms with E-state index < -0.39 is 0 Å². The van der Waals surface area contributed by atoms with Gasteiger partial charge in [0, 0.05) is 19.1 Å². The molecule has 2 fully saturated rings. The number of hydrogen-bond acceptors (Lipinski definition) is 3. The van der Waals surface area contributed by atoms with Crippen molar-refractivity contribution in [3.05, 3.63) is 0 Å². The molecule has 14 heavy (non-hydrogen) atoms. The van der Waals surface area contributed by atoms with Crippen LogP contribution < -0.4 is 11.1 Å². The summed E-state index contributed by atoms with van der Waals surface area (Å²) in [5, 5.41) is 3.39. The molecule has 80 valence electrons. The SMILES string of the molecule is CC1CNCC1N1CCC(C(N)=O)C1. The maximum atomic E-state index is 11.0. The molecule has 3 unspecified atom stereocenters. The molecule has 2 heterocycles. The quantitative estimate of drug-likeness (QED) is 0.621. The van der Waals surface area contributed by atoms with Gasteiger partial charge >= 0.3 is 0 Å². The molecule has 0 saturated carbocycles. The van der Waals surface area contributed by atoms with Crippen LogP contribution in [-0.2, 0) is 4.79 Å². The van der Waals surface area contributed by atoms with Crippen LogP contribution in [0.25, 0.3) is 0 Å². The summed E-state index contributed by atoms with van der Waals surface area (Å²) in [7, 11) is 0. The van der Waals surface area contributed by atoms with Gasteiger partial charge in [-0.15, -0.1) is 0 Å². The minimum Gasteiger partial charge on any atom is -0.369 e. The predicted molar refractivity (Wildman–Crippen MR) is 54.7 cm³/mol. The van der Waals surface area contributed by atoms with Gasteiger partial charge in [0.15, 0.2) is 0 Å². The molecule has 0 aliphatic carbocycles. The second-order valence-corrected chi connectivity index (χ2v) is 4.59. The lowest BCUT2D eigenvalue weighted by molar-refractivity contribution is -0.121. The molecule has 2 saturated heterocycles. The summed E-state index contributed by atoms with van der Waals surface area (Å²) in [5.41, 5.74) is 5.31. The van der Waals surface area contributed by atoms with Crippen molar-refractivity contribution in [1.82, 2.24) is 10.2 Å². The summed E-state index contributed by atoms with van der Waals surface area (Å²) in [6.07, 6.45) is 0.943. The molecule has 0 aromatic rings. The van der Waals surface area contributed by atoms with Crippen molar-refractivity contribution in [3.8, 4) is 0 Å². The first-order chi connectivity index (χ1) is 6.68. The molecular formula is C10H19N3O. The number of amides is 1. The fourth-order valence-corrected chi connectivity index (χ4v) is 2.61. The van der Waals surface area contributed by atoms with E-state index in [9.17, 15) is 4.79 Å². The molecule has 3 N–H and O–H groups in total. The van der Waals surface area contributed by atoms with Crippen LogP contribution in [0.4, 0.5) is 0 Å². The number of hydrogen-bond donors (Lipinski definition) is 2. The van der Waals surface area contributed by atoms with E-state index in [-0.39, 0.29) is 11.8 Å². The molecule has 0 radical (unpaired) electrons. The summed E-state index contributed by atoms with van der Waals surface area (Å²) < 4.78 is 0. The maximum Gasteiger partial charge on any atom is 0.221 e. The largest absolute Gasteiger partial charge is 0.369 e. The van der Waals surface area contributed by atoms with E-state index in [0.717, 1.165) is 32.6 Å². The summed E-state index contributed by atoms with van der Waals surface area (Å²) in [4.78, 5) is 13.4. The van der Waals surface area contributed by atoms with E-state index in [4.69, 9.17) is 5.73 Å². The zero-order chi connectivity index (χ0) is 10.1. The molecule has 4 nitrogen and oxygen atoms in total. The van der Waals surface area contributed by atoms with Gasteiger partial charge in [0.2, 0.25) is 5.91 Å². The third-order valence-corrected chi connectivity index (χ3v) is 3.57. The molecule has 2 aliphatic rings. The Morgan fingerprint density at radius 1 is 1.50 bits per heavy atom. The highest BCUT2D eigenvalue weighted by Crippen LogP contribution is 2.23. The minimum absolute atomic E-state index is 0.0859. The third kappa shape index (κ3) is 1.77. The van der Waals surface area contributed by atoms with Crippen molar-refractivity contribution in [2.75, 3.05) is 26.2 Å². The standard InChI is InChI=1S/C10H19N3O/c1-7-4-12-5-9(7)13-3-2-8(6-13)10(11)14/h7-9,12H,2-6H2,1H3,(H2,11,14). The number of rotatable bonds is 2. The molecule has 0 bridgehead atoms. The second kappa shape index (κ2) is 3.87. The molecule has 2 aliphatic heterocycles. The molecular weight excluding hydrogens is 178 g/mol. The number of nitrogens with one attached hydrogen (secondary N) is 1. The summed E-state index contributed by atoms with van der Waals surface area (Å²) in [6, 6.07) is 0.611. The van der Waals surface area contributed by atoms with Gasteiger partial charge < -0.3 is 11.1 Å². The Balaban J connectivity index is 1.91. The summed E-state index contributed by atoms with van der Waals surface area (Å²) in [5.74, 6) is 0.649. The van der Waals surface area contributed by atoms with Crippen molar-refractivity contribution in [2.45, 2.75) is 19.4 Å². The lowest BCUT2D eigenvalue weighted by Crippen LogP contribution is -2.39. The minimum atomic E-state index is -0.133. The van der Waals surface area contributed by atoms with Crippen LogP contribution >= 0.6 is 0 Å². The van der Waals surface area contributed by atoms with E-state index in [1.54, 1.807) is 0 Å². The number of nitrogens with two attached hydrogens (primary N) is 1. The van der Waals surface area contributed by atoms with Crippen molar-refractivity contribution >= 4 is 5.91 Å². The van der Waals surface area contributed by atoms with Crippen LogP contribution in [0, 0.1) is 11.8 Å². The highest BCUT2D eigenvalue weighted by Gasteiger charge is 2.35. The number of carbonyl (C=O) groups is 1. The Morgan fingerprint density at radius 3 is 2.79 bits per heavy atom. The number of carbonyl (C=O) groups excluding carboxylic acids is 1. The molecule has 0 aromatic carbocycles. The van der Waals surface area contributed by atoms with Gasteiger partial charge in [0.25, 0.3) is 0 Å². The monoisotopic (exact) mass is 197 g/mol. The Morgan fingerprint density at radius 2 is 2.29 bits per heavy atom. The van der Waals surface area contributed by atoms with E-state index >= 15 is 0 Å². The van der Waals surface area contributed by atoms with Crippen LogP contribution in [0.3, 0.4) is 0 Å². The Hall–Kier alpha value is -0.610. The van der Waals surface area contributed by atoms with E-state index in [1.165, 1.54) is 0 Å². The Bertz CT molecular complexity index is 231. The number of likely N-dealkylation sites (tertiary alicyclic amines) is 1. The van der Waals surface area contributed by atoms with Crippen molar-refractivity contribution in [3.63, 3.8) is 0 Å². The fourth-order valence-electron chi connectivity index (χ4n) is 2.61. The normalized spacial score (nSPS) is 39.1. The first kappa shape index (κ1) is 9.93. The van der Waals surface area contributed by atoms with E-state index in [1.807, 2.05) is 0 Å². The Labute approximate surface area is 84.8 Å². The van der Waals surface area contributed by atoms with Crippen LogP contribution in [0.15, 0.2) is 0 Å². The van der Waals surface area contributed by atoms with Crippen molar-refractivity contribution < 1.29 is 4.79 Å². The lowest BCUT2D eigenvalue weighted by Gasteiger charge is -2.26. The fraction of sp³-hybridized carbons (Fsp3) is 0.900. The topological polar surface area (TPSA) is 58.4 Å². The number of nitrogens with zero attached hydrogens (tertiary/aromatic N) is 1. The average molecular weight is 197 g/mol. The van der Waals surface area contributed by atoms with Crippen LogP contribution in [0.5, 0.6) is 0 Å². The molecule has 3 atom stereocenters. The van der Waals surface area contributed by atoms with Crippen LogP contribution in [0.1, 0.15) is 13.3 Å².